The highest BCUT2D eigenvalue weighted by atomic mass is 16.5. The number of carbonyl (C=O) groups excluding carboxylic acids is 4. The lowest BCUT2D eigenvalue weighted by Gasteiger charge is -2.32. The van der Waals surface area contributed by atoms with Crippen LogP contribution in [-0.4, -0.2) is 117 Å². The zero-order valence-corrected chi connectivity index (χ0v) is 89.1. The largest absolute Gasteiger partial charge is 0.465 e. The minimum absolute atomic E-state index is 0.00466. The number of esters is 4. The summed E-state index contributed by atoms with van der Waals surface area (Å²) in [4.78, 5) is 67.3. The Kier molecular flexibility index (Phi) is 88.3. The Bertz CT molecular complexity index is 2700. The number of aromatic nitrogens is 4. The van der Waals surface area contributed by atoms with E-state index >= 15 is 0 Å². The van der Waals surface area contributed by atoms with Crippen LogP contribution in [0.5, 0.6) is 0 Å². The van der Waals surface area contributed by atoms with E-state index in [1.807, 2.05) is 6.20 Å². The van der Waals surface area contributed by atoms with Crippen molar-refractivity contribution in [3.05, 3.63) is 36.4 Å². The highest BCUT2D eigenvalue weighted by Crippen LogP contribution is 2.29. The van der Waals surface area contributed by atoms with Gasteiger partial charge in [0.1, 0.15) is 5.82 Å². The summed E-state index contributed by atoms with van der Waals surface area (Å²) in [6.45, 7) is 31.8. The second-order valence-corrected chi connectivity index (χ2v) is 41.5. The molecule has 0 saturated carbocycles. The topological polar surface area (TPSA) is 147 Å². The van der Waals surface area contributed by atoms with E-state index in [1.165, 1.54) is 443 Å². The van der Waals surface area contributed by atoms with E-state index in [2.05, 4.69) is 112 Å². The molecule has 5 unspecified atom stereocenters. The average Bonchev–Trinajstić information content (AvgIpc) is 1.81. The van der Waals surface area contributed by atoms with E-state index in [1.54, 1.807) is 0 Å². The summed E-state index contributed by atoms with van der Waals surface area (Å²) < 4.78 is 28.5. The Labute approximate surface area is 813 Å². The average molecular weight is 1840 g/mol. The maximum absolute atomic E-state index is 13.3. The number of hydrogen-bond donors (Lipinski definition) is 0. The van der Waals surface area contributed by atoms with Gasteiger partial charge in [-0.2, -0.15) is 0 Å². The van der Waals surface area contributed by atoms with Crippen molar-refractivity contribution in [2.24, 2.45) is 23.7 Å². The molecule has 2 heterocycles. The summed E-state index contributed by atoms with van der Waals surface area (Å²) >= 11 is 0. The van der Waals surface area contributed by atoms with Gasteiger partial charge in [-0.15, -0.1) is 0 Å². The summed E-state index contributed by atoms with van der Waals surface area (Å²) in [6, 6.07) is 1.21. The maximum atomic E-state index is 13.3. The van der Waals surface area contributed by atoms with Crippen molar-refractivity contribution in [3.63, 3.8) is 0 Å². The molecular formula is C117H222N6O8. The summed E-state index contributed by atoms with van der Waals surface area (Å²) in [5, 5.41) is 0. The molecule has 131 heavy (non-hydrogen) atoms. The van der Waals surface area contributed by atoms with E-state index in [4.69, 9.17) is 23.9 Å². The van der Waals surface area contributed by atoms with Crippen molar-refractivity contribution in [3.8, 4) is 0 Å². The molecule has 2 rings (SSSR count). The van der Waals surface area contributed by atoms with Crippen LogP contribution < -0.4 is 0 Å². The van der Waals surface area contributed by atoms with Crippen LogP contribution in [0.2, 0.25) is 0 Å². The number of ether oxygens (including phenoxy) is 4. The lowest BCUT2D eigenvalue weighted by molar-refractivity contribution is -0.146. The number of rotatable bonds is 104. The summed E-state index contributed by atoms with van der Waals surface area (Å²) in [5.74, 6) is 3.17. The van der Waals surface area contributed by atoms with Crippen LogP contribution in [0.4, 0.5) is 0 Å². The van der Waals surface area contributed by atoms with Crippen LogP contribution in [0.1, 0.15) is 587 Å². The van der Waals surface area contributed by atoms with Gasteiger partial charge in [-0.05, 0) is 191 Å². The number of unbranched alkanes of at least 4 members (excludes halogenated alkanes) is 49. The quantitative estimate of drug-likeness (QED) is 0.0353. The molecule has 0 saturated heterocycles. The predicted molar refractivity (Wildman–Crippen MR) is 562 cm³/mol. The normalized spacial score (nSPS) is 13.2. The molecule has 2 aromatic heterocycles. The predicted octanol–water partition coefficient (Wildman–Crippen LogP) is 35.0. The molecule has 14 heteroatoms. The van der Waals surface area contributed by atoms with Gasteiger partial charge in [0, 0.05) is 76.0 Å². The fourth-order valence-corrected chi connectivity index (χ4v) is 20.1. The Morgan fingerprint density at radius 1 is 0.275 bits per heavy atom. The Balaban J connectivity index is 1.97. The van der Waals surface area contributed by atoms with Gasteiger partial charge >= 0.3 is 23.9 Å². The molecule has 0 bridgehead atoms. The van der Waals surface area contributed by atoms with E-state index in [0.29, 0.717) is 87.9 Å². The first-order valence-electron chi connectivity index (χ1n) is 58.4. The molecule has 0 aliphatic heterocycles. The van der Waals surface area contributed by atoms with E-state index in [9.17, 15) is 19.2 Å². The van der Waals surface area contributed by atoms with Crippen LogP contribution in [0.25, 0.3) is 0 Å². The molecule has 0 radical (unpaired) electrons. The second kappa shape index (κ2) is 93.8. The first kappa shape index (κ1) is 123. The summed E-state index contributed by atoms with van der Waals surface area (Å²) in [5.41, 5.74) is 1.22. The molecule has 14 nitrogen and oxygen atoms in total. The number of carbonyl (C=O) groups is 4. The molecule has 2 aromatic rings. The lowest BCUT2D eigenvalue weighted by Crippen LogP contribution is -2.38. The number of nitrogens with zero attached hydrogens (tertiary/aromatic N) is 6. The monoisotopic (exact) mass is 1840 g/mol. The molecule has 0 aliphatic rings. The first-order valence-corrected chi connectivity index (χ1v) is 58.4. The zero-order chi connectivity index (χ0) is 94.7. The molecule has 5 atom stereocenters. The fourth-order valence-electron chi connectivity index (χ4n) is 20.1. The van der Waals surface area contributed by atoms with Crippen molar-refractivity contribution in [1.82, 2.24) is 28.9 Å². The highest BCUT2D eigenvalue weighted by Gasteiger charge is 2.23. The SMILES string of the molecule is CCCCCCCCCN(CCCCn1ccnc1C)C(CCCCCCCCC(=O)OCC(CCCC)CCCCCC)CCCCCCCCC(=O)OCC(CCCC)CCCCCCc1cn(CCN(CCCCCCCCC)C(CCCCCCCCC(=O)OCC(CCCC)CCCCCC)CCCCCCCCC(=O)OCC(CCCC)CCCCCC)cn1. The maximum Gasteiger partial charge on any atom is 0.305 e. The van der Waals surface area contributed by atoms with Gasteiger partial charge in [0.2, 0.25) is 0 Å². The van der Waals surface area contributed by atoms with Gasteiger partial charge in [-0.3, -0.25) is 24.1 Å². The Morgan fingerprint density at radius 2 is 0.527 bits per heavy atom. The second-order valence-electron chi connectivity index (χ2n) is 41.5. The molecule has 0 aromatic carbocycles. The Morgan fingerprint density at radius 3 is 0.832 bits per heavy atom. The van der Waals surface area contributed by atoms with Crippen molar-refractivity contribution in [2.75, 3.05) is 52.6 Å². The zero-order valence-electron chi connectivity index (χ0n) is 89.1. The van der Waals surface area contributed by atoms with Gasteiger partial charge in [0.15, 0.2) is 0 Å². The molecule has 0 aliphatic carbocycles. The highest BCUT2D eigenvalue weighted by molar-refractivity contribution is 5.70. The lowest BCUT2D eigenvalue weighted by atomic mass is 9.95. The number of imidazole rings is 2. The van der Waals surface area contributed by atoms with Crippen LogP contribution in [0.15, 0.2) is 24.9 Å². The van der Waals surface area contributed by atoms with Gasteiger partial charge in [-0.1, -0.05) is 415 Å². The van der Waals surface area contributed by atoms with Crippen molar-refractivity contribution >= 4 is 23.9 Å². The molecular weight excluding hydrogens is 1620 g/mol. The van der Waals surface area contributed by atoms with Crippen LogP contribution >= 0.6 is 0 Å². The van der Waals surface area contributed by atoms with Crippen molar-refractivity contribution < 1.29 is 38.1 Å². The van der Waals surface area contributed by atoms with Crippen LogP contribution in [0.3, 0.4) is 0 Å². The third-order valence-corrected chi connectivity index (χ3v) is 29.1. The van der Waals surface area contributed by atoms with Gasteiger partial charge in [0.25, 0.3) is 0 Å². The van der Waals surface area contributed by atoms with Crippen molar-refractivity contribution in [2.45, 2.75) is 614 Å². The van der Waals surface area contributed by atoms with Crippen LogP contribution in [0, 0.1) is 30.6 Å². The van der Waals surface area contributed by atoms with Gasteiger partial charge < -0.3 is 33.0 Å². The minimum Gasteiger partial charge on any atom is -0.465 e. The van der Waals surface area contributed by atoms with Gasteiger partial charge in [0.05, 0.1) is 38.4 Å². The third-order valence-electron chi connectivity index (χ3n) is 29.1. The number of aryl methyl sites for hydroxylation is 3. The van der Waals surface area contributed by atoms with Crippen LogP contribution in [-0.2, 0) is 57.6 Å². The standard InChI is InChI=1S/C117H222N6O8/c1-11-20-29-34-44-56-71-94-122(96-74-73-93-121-97-92-118-106(121)10)112(84-63-46-36-40-50-67-88-114(124)128-101-107(75-25-16-6)79-58-31-22-13-3)85-64-47-37-41-51-68-91-117(127)131-104-110(78-28-19-9)82-61-54-55-62-83-111-100-120(105-119-111)98-99-123(95-72-57-45-35-30-21-12-2)113(86-65-48-38-42-52-69-89-115(125)129-102-108(76-26-17-7)80-59-32-23-14-4)87-66-49-39-43-53-70-90-116(126)130-103-109(77-27-18-8)81-60-33-24-15-5/h92,97,100,105,107-110,112-113H,11-91,93-96,98-99,101-104H2,1-10H3. The van der Waals surface area contributed by atoms with Crippen molar-refractivity contribution in [1.29, 1.82) is 0 Å². The molecule has 768 valence electrons. The van der Waals surface area contributed by atoms with E-state index < -0.39 is 0 Å². The van der Waals surface area contributed by atoms with Gasteiger partial charge in [-0.25, -0.2) is 9.97 Å². The molecule has 0 fully saturated rings. The van der Waals surface area contributed by atoms with E-state index in [-0.39, 0.29) is 23.9 Å². The number of hydrogen-bond acceptors (Lipinski definition) is 12. The Hall–Kier alpha value is -3.78. The molecule has 0 amide bonds. The van der Waals surface area contributed by atoms with E-state index in [0.717, 1.165) is 103 Å². The third kappa shape index (κ3) is 75.9. The molecule has 0 N–H and O–H groups in total. The minimum atomic E-state index is 0.00466. The summed E-state index contributed by atoms with van der Waals surface area (Å²) in [6.07, 6.45) is 105. The molecule has 0 spiro atoms. The summed E-state index contributed by atoms with van der Waals surface area (Å²) in [7, 11) is 0. The smallest absolute Gasteiger partial charge is 0.305 e. The fraction of sp³-hybridized carbons (Fsp3) is 0.915. The first-order chi connectivity index (χ1) is 64.4.